The molecule has 1 saturated heterocycles. The number of hydrogen-bond donors (Lipinski definition) is 1. The Balaban J connectivity index is 0.998. The molecule has 2 aliphatic heterocycles. The molecule has 0 radical (unpaired) electrons. The summed E-state index contributed by atoms with van der Waals surface area (Å²) in [5.41, 5.74) is 1.55. The number of benzene rings is 2. The molecule has 1 atom stereocenters. The Morgan fingerprint density at radius 1 is 1.10 bits per heavy atom. The predicted molar refractivity (Wildman–Crippen MR) is 144 cm³/mol. The van der Waals surface area contributed by atoms with Crippen molar-refractivity contribution < 1.29 is 27.4 Å². The molecule has 2 heterocycles. The molecule has 1 saturated carbocycles. The Labute approximate surface area is 232 Å². The molecule has 2 fully saturated rings. The topological polar surface area (TPSA) is 77.8 Å². The fourth-order valence-electron chi connectivity index (χ4n) is 5.87. The molecule has 2 aromatic rings. The number of piperazine rings is 1. The normalized spacial score (nSPS) is 23.3. The number of halogens is 3. The largest absolute Gasteiger partial charge is 0.488 e. The summed E-state index contributed by atoms with van der Waals surface area (Å²) < 4.78 is 51.8. The first kappa shape index (κ1) is 28.2. The minimum Gasteiger partial charge on any atom is -0.488 e. The number of anilines is 1. The Morgan fingerprint density at radius 2 is 1.85 bits per heavy atom. The van der Waals surface area contributed by atoms with E-state index in [9.17, 15) is 18.0 Å². The van der Waals surface area contributed by atoms with Crippen molar-refractivity contribution >= 4 is 11.6 Å². The highest BCUT2D eigenvalue weighted by molar-refractivity contribution is 5.77. The highest BCUT2D eigenvalue weighted by atomic mass is 19.4. The van der Waals surface area contributed by atoms with E-state index in [1.54, 1.807) is 6.07 Å². The Kier molecular flexibility index (Phi) is 8.52. The van der Waals surface area contributed by atoms with Crippen molar-refractivity contribution in [1.29, 1.82) is 5.26 Å². The van der Waals surface area contributed by atoms with Gasteiger partial charge in [0.2, 0.25) is 5.91 Å². The second-order valence-corrected chi connectivity index (χ2v) is 11.0. The van der Waals surface area contributed by atoms with Gasteiger partial charge in [0.1, 0.15) is 18.5 Å². The third-order valence-electron chi connectivity index (χ3n) is 8.08. The molecule has 40 heavy (non-hydrogen) atoms. The van der Waals surface area contributed by atoms with Crippen molar-refractivity contribution in [2.75, 3.05) is 44.6 Å². The van der Waals surface area contributed by atoms with Crippen LogP contribution in [0.25, 0.3) is 0 Å². The Morgan fingerprint density at radius 3 is 2.55 bits per heavy atom. The summed E-state index contributed by atoms with van der Waals surface area (Å²) in [6, 6.07) is 11.6. The van der Waals surface area contributed by atoms with E-state index in [-0.39, 0.29) is 36.3 Å². The number of carbonyl (C=O) groups is 1. The van der Waals surface area contributed by atoms with Crippen molar-refractivity contribution in [2.45, 2.75) is 63.5 Å². The average Bonchev–Trinajstić information content (AvgIpc) is 3.33. The van der Waals surface area contributed by atoms with E-state index in [1.165, 1.54) is 23.3 Å². The van der Waals surface area contributed by atoms with Crippen molar-refractivity contribution in [3.05, 3.63) is 58.7 Å². The molecule has 1 amide bonds. The van der Waals surface area contributed by atoms with Crippen LogP contribution in [0.5, 0.6) is 5.75 Å². The molecule has 214 valence electrons. The van der Waals surface area contributed by atoms with Gasteiger partial charge in [0, 0.05) is 50.9 Å². The summed E-state index contributed by atoms with van der Waals surface area (Å²) in [7, 11) is 0. The van der Waals surface area contributed by atoms with Crippen LogP contribution >= 0.6 is 0 Å². The lowest BCUT2D eigenvalue weighted by atomic mass is 9.92. The van der Waals surface area contributed by atoms with Crippen molar-refractivity contribution in [3.63, 3.8) is 0 Å². The molecule has 5 rings (SSSR count). The van der Waals surface area contributed by atoms with Crippen LogP contribution in [0.15, 0.2) is 36.4 Å². The number of aryl methyl sites for hydroxylation is 1. The molecule has 3 aliphatic rings. The van der Waals surface area contributed by atoms with Gasteiger partial charge in [0.05, 0.1) is 23.3 Å². The smallest absolute Gasteiger partial charge is 0.417 e. The van der Waals surface area contributed by atoms with Gasteiger partial charge in [-0.05, 0) is 62.4 Å². The summed E-state index contributed by atoms with van der Waals surface area (Å²) in [5.74, 6) is 0.980. The highest BCUT2D eigenvalue weighted by Gasteiger charge is 2.34. The summed E-state index contributed by atoms with van der Waals surface area (Å²) >= 11 is 0. The van der Waals surface area contributed by atoms with Gasteiger partial charge in [-0.3, -0.25) is 9.69 Å². The third kappa shape index (κ3) is 6.88. The molecule has 10 heteroatoms. The Bertz CT molecular complexity index is 1250. The number of hydrogen-bond acceptors (Lipinski definition) is 6. The summed E-state index contributed by atoms with van der Waals surface area (Å²) in [6.07, 6.45) is -0.644. The maximum absolute atomic E-state index is 13.3. The number of fused-ring (bicyclic) bond motifs is 1. The monoisotopic (exact) mass is 556 g/mol. The molecule has 1 N–H and O–H groups in total. The molecular formula is C30H35F3N4O3. The molecule has 0 bridgehead atoms. The molecule has 7 nitrogen and oxygen atoms in total. The molecule has 1 unspecified atom stereocenters. The lowest BCUT2D eigenvalue weighted by Gasteiger charge is -2.36. The second kappa shape index (κ2) is 12.1. The van der Waals surface area contributed by atoms with E-state index >= 15 is 0 Å². The molecule has 0 spiro atoms. The van der Waals surface area contributed by atoms with Crippen LogP contribution < -0.4 is 10.1 Å². The van der Waals surface area contributed by atoms with Gasteiger partial charge >= 0.3 is 6.18 Å². The predicted octanol–water partition coefficient (Wildman–Crippen LogP) is 4.77. The number of amides is 1. The van der Waals surface area contributed by atoms with Crippen LogP contribution in [0.4, 0.5) is 18.9 Å². The summed E-state index contributed by atoms with van der Waals surface area (Å²) in [4.78, 5) is 17.0. The minimum atomic E-state index is -4.58. The number of carbonyl (C=O) groups excluding carboxylic acids is 1. The van der Waals surface area contributed by atoms with Crippen molar-refractivity contribution in [2.24, 2.45) is 0 Å². The van der Waals surface area contributed by atoms with Gasteiger partial charge in [0.25, 0.3) is 0 Å². The highest BCUT2D eigenvalue weighted by Crippen LogP contribution is 2.34. The zero-order valence-corrected chi connectivity index (χ0v) is 22.7. The summed E-state index contributed by atoms with van der Waals surface area (Å²) in [5, 5.41) is 12.1. The maximum atomic E-state index is 13.3. The number of nitriles is 1. The second-order valence-electron chi connectivity index (χ2n) is 11.0. The van der Waals surface area contributed by atoms with Crippen LogP contribution in [0.1, 0.15) is 47.9 Å². The van der Waals surface area contributed by atoms with Crippen molar-refractivity contribution in [1.82, 2.24) is 9.80 Å². The molecule has 0 aromatic heterocycles. The number of nitrogens with zero attached hydrogens (tertiary/aromatic N) is 3. The molecule has 2 aromatic carbocycles. The van der Waals surface area contributed by atoms with E-state index in [4.69, 9.17) is 14.7 Å². The van der Waals surface area contributed by atoms with Crippen LogP contribution in [-0.4, -0.2) is 73.3 Å². The standard InChI is InChI=1S/C30H35F3N4O3/c1-20-2-9-28-22(14-20)15-26(40-28)18-36-10-12-37(13-11-36)29(38)19-39-25-7-5-23(6-8-25)35-24-4-3-21(17-34)27(16-24)30(31,32)33/h2-4,9,14,16,23,25-26,35H,5-8,10-13,15,18-19H2,1H3/t23-,25-,26?. The first-order chi connectivity index (χ1) is 19.2. The number of ether oxygens (including phenoxy) is 2. The van der Waals surface area contributed by atoms with Crippen LogP contribution in [-0.2, 0) is 22.1 Å². The number of nitrogens with one attached hydrogen (secondary N) is 1. The zero-order chi connectivity index (χ0) is 28.3. The maximum Gasteiger partial charge on any atom is 0.417 e. The van der Waals surface area contributed by atoms with E-state index in [2.05, 4.69) is 29.3 Å². The van der Waals surface area contributed by atoms with Crippen LogP contribution in [0.2, 0.25) is 0 Å². The first-order valence-corrected chi connectivity index (χ1v) is 13.9. The molecular weight excluding hydrogens is 521 g/mol. The van der Waals surface area contributed by atoms with E-state index in [0.717, 1.165) is 63.6 Å². The first-order valence-electron chi connectivity index (χ1n) is 13.9. The fraction of sp³-hybridized carbons (Fsp3) is 0.533. The van der Waals surface area contributed by atoms with Gasteiger partial charge < -0.3 is 19.7 Å². The van der Waals surface area contributed by atoms with E-state index in [0.29, 0.717) is 18.8 Å². The van der Waals surface area contributed by atoms with Gasteiger partial charge in [-0.25, -0.2) is 0 Å². The van der Waals surface area contributed by atoms with Crippen molar-refractivity contribution in [3.8, 4) is 11.8 Å². The van der Waals surface area contributed by atoms with E-state index in [1.807, 2.05) is 11.0 Å². The quantitative estimate of drug-likeness (QED) is 0.530. The number of alkyl halides is 3. The fourth-order valence-corrected chi connectivity index (χ4v) is 5.87. The van der Waals surface area contributed by atoms with Crippen LogP contribution in [0.3, 0.4) is 0 Å². The van der Waals surface area contributed by atoms with Crippen LogP contribution in [0, 0.1) is 18.3 Å². The lowest BCUT2D eigenvalue weighted by Crippen LogP contribution is -2.51. The van der Waals surface area contributed by atoms with Gasteiger partial charge in [-0.15, -0.1) is 0 Å². The Hall–Kier alpha value is -3.29. The lowest BCUT2D eigenvalue weighted by molar-refractivity contribution is -0.140. The SMILES string of the molecule is Cc1ccc2c(c1)CC(CN1CCN(C(=O)CO[C@H]3CC[C@H](Nc4ccc(C#N)c(C(F)(F)F)c4)CC3)CC1)O2. The molecule has 1 aliphatic carbocycles. The van der Waals surface area contributed by atoms with Gasteiger partial charge in [0.15, 0.2) is 0 Å². The van der Waals surface area contributed by atoms with Gasteiger partial charge in [-0.1, -0.05) is 17.7 Å². The van der Waals surface area contributed by atoms with E-state index < -0.39 is 11.7 Å². The number of rotatable bonds is 7. The zero-order valence-electron chi connectivity index (χ0n) is 22.7. The average molecular weight is 557 g/mol. The third-order valence-corrected chi connectivity index (χ3v) is 8.08. The van der Waals surface area contributed by atoms with Gasteiger partial charge in [-0.2, -0.15) is 18.4 Å². The summed E-state index contributed by atoms with van der Waals surface area (Å²) in [6.45, 7) is 5.95. The minimum absolute atomic E-state index is 0.00263.